The molecule has 12 heteroatoms. The molecule has 1 aliphatic rings. The zero-order valence-corrected chi connectivity index (χ0v) is 14.6. The zero-order chi connectivity index (χ0) is 19.9. The molecular formula is C14H19N3O9. The lowest BCUT2D eigenvalue weighted by Crippen LogP contribution is -2.61. The first-order valence-corrected chi connectivity index (χ1v) is 7.50. The third-order valence-electron chi connectivity index (χ3n) is 3.13. The van der Waals surface area contributed by atoms with E-state index in [4.69, 9.17) is 29.2 Å². The Morgan fingerprint density at radius 2 is 1.38 bits per heavy atom. The molecule has 26 heavy (non-hydrogen) atoms. The van der Waals surface area contributed by atoms with E-state index in [1.165, 1.54) is 0 Å². The molecular weight excluding hydrogens is 354 g/mol. The molecule has 0 unspecified atom stereocenters. The Bertz CT molecular complexity index is 617. The number of azide groups is 1. The minimum absolute atomic E-state index is 0.380. The monoisotopic (exact) mass is 373 g/mol. The van der Waals surface area contributed by atoms with E-state index in [2.05, 4.69) is 10.0 Å². The second-order valence-electron chi connectivity index (χ2n) is 5.29. The van der Waals surface area contributed by atoms with Gasteiger partial charge in [-0.2, -0.15) is 0 Å². The van der Waals surface area contributed by atoms with Crippen LogP contribution in [0.3, 0.4) is 0 Å². The molecule has 5 atom stereocenters. The molecule has 0 saturated carbocycles. The number of carbonyl (C=O) groups is 4. The van der Waals surface area contributed by atoms with E-state index in [1.807, 2.05) is 0 Å². The normalized spacial score (nSPS) is 27.5. The van der Waals surface area contributed by atoms with Gasteiger partial charge < -0.3 is 23.7 Å². The predicted molar refractivity (Wildman–Crippen MR) is 81.1 cm³/mol. The van der Waals surface area contributed by atoms with Crippen LogP contribution in [0.25, 0.3) is 10.4 Å². The van der Waals surface area contributed by atoms with Gasteiger partial charge in [0, 0.05) is 32.6 Å². The third-order valence-corrected chi connectivity index (χ3v) is 3.13. The summed E-state index contributed by atoms with van der Waals surface area (Å²) in [7, 11) is 0. The second-order valence-corrected chi connectivity index (χ2v) is 5.29. The van der Waals surface area contributed by atoms with Crippen molar-refractivity contribution in [1.29, 1.82) is 0 Å². The van der Waals surface area contributed by atoms with E-state index in [1.54, 1.807) is 0 Å². The highest BCUT2D eigenvalue weighted by molar-refractivity contribution is 5.68. The fourth-order valence-electron chi connectivity index (χ4n) is 2.35. The smallest absolute Gasteiger partial charge is 0.303 e. The van der Waals surface area contributed by atoms with Crippen molar-refractivity contribution in [1.82, 2.24) is 0 Å². The standard InChI is InChI=1S/C14H19N3O9/c1-6(18)22-5-10-11(23-7(2)19)12(24-8(3)20)13(25-9(4)21)14(26-10)16-17-15/h10-14H,5H2,1-4H3/t10-,11-,12-,13+,14+/m1/s1. The highest BCUT2D eigenvalue weighted by atomic mass is 16.7. The van der Waals surface area contributed by atoms with Crippen molar-refractivity contribution in [2.24, 2.45) is 5.11 Å². The second kappa shape index (κ2) is 9.59. The van der Waals surface area contributed by atoms with Gasteiger partial charge >= 0.3 is 23.9 Å². The van der Waals surface area contributed by atoms with Crippen LogP contribution in [0.5, 0.6) is 0 Å². The van der Waals surface area contributed by atoms with Crippen LogP contribution in [0, 0.1) is 0 Å². The molecule has 144 valence electrons. The Hall–Kier alpha value is -2.85. The predicted octanol–water partition coefficient (Wildman–Crippen LogP) is 0.380. The number of esters is 4. The summed E-state index contributed by atoms with van der Waals surface area (Å²) in [5.74, 6) is -2.92. The van der Waals surface area contributed by atoms with E-state index in [-0.39, 0.29) is 6.61 Å². The summed E-state index contributed by atoms with van der Waals surface area (Å²) in [6.07, 6.45) is -6.52. The fourth-order valence-corrected chi connectivity index (χ4v) is 2.35. The molecule has 0 aliphatic carbocycles. The van der Waals surface area contributed by atoms with Crippen LogP contribution in [0.1, 0.15) is 27.7 Å². The fraction of sp³-hybridized carbons (Fsp3) is 0.714. The average Bonchev–Trinajstić information content (AvgIpc) is 2.50. The van der Waals surface area contributed by atoms with Crippen molar-refractivity contribution < 1.29 is 42.9 Å². The van der Waals surface area contributed by atoms with Crippen LogP contribution in [-0.4, -0.2) is 61.1 Å². The van der Waals surface area contributed by atoms with E-state index in [9.17, 15) is 19.2 Å². The maximum Gasteiger partial charge on any atom is 0.303 e. The highest BCUT2D eigenvalue weighted by Gasteiger charge is 2.51. The first-order chi connectivity index (χ1) is 12.1. The molecule has 1 saturated heterocycles. The van der Waals surface area contributed by atoms with Crippen molar-refractivity contribution in [2.45, 2.75) is 58.3 Å². The molecule has 0 N–H and O–H groups in total. The van der Waals surface area contributed by atoms with Gasteiger partial charge in [-0.1, -0.05) is 5.11 Å². The number of carbonyl (C=O) groups excluding carboxylic acids is 4. The minimum atomic E-state index is -1.40. The van der Waals surface area contributed by atoms with Gasteiger partial charge in [-0.25, -0.2) is 0 Å². The summed E-state index contributed by atoms with van der Waals surface area (Å²) in [4.78, 5) is 48.0. The van der Waals surface area contributed by atoms with Gasteiger partial charge in [0.05, 0.1) is 0 Å². The summed E-state index contributed by atoms with van der Waals surface area (Å²) in [5, 5.41) is 3.38. The van der Waals surface area contributed by atoms with Crippen LogP contribution < -0.4 is 0 Å². The van der Waals surface area contributed by atoms with E-state index in [0.29, 0.717) is 0 Å². The molecule has 0 radical (unpaired) electrons. The molecule has 0 amide bonds. The molecule has 1 fully saturated rings. The van der Waals surface area contributed by atoms with Gasteiger partial charge in [-0.15, -0.1) is 0 Å². The first kappa shape index (κ1) is 21.2. The maximum atomic E-state index is 11.5. The van der Waals surface area contributed by atoms with Gasteiger partial charge in [0.1, 0.15) is 12.7 Å². The summed E-state index contributed by atoms with van der Waals surface area (Å²) in [6, 6.07) is 0. The summed E-state index contributed by atoms with van der Waals surface area (Å²) >= 11 is 0. The van der Waals surface area contributed by atoms with Crippen LogP contribution in [0.4, 0.5) is 0 Å². The molecule has 0 bridgehead atoms. The maximum absolute atomic E-state index is 11.5. The summed E-state index contributed by atoms with van der Waals surface area (Å²) < 4.78 is 25.6. The van der Waals surface area contributed by atoms with Gasteiger partial charge in [0.15, 0.2) is 24.5 Å². The number of hydrogen-bond donors (Lipinski definition) is 0. The topological polar surface area (TPSA) is 163 Å². The SMILES string of the molecule is CC(=O)OC[C@H]1O[C@H](N=[N+]=[N-])[C@@H](OC(C)=O)[C@H](OC(C)=O)[C@@H]1OC(C)=O. The van der Waals surface area contributed by atoms with Crippen LogP contribution in [-0.2, 0) is 42.9 Å². The van der Waals surface area contributed by atoms with E-state index >= 15 is 0 Å². The van der Waals surface area contributed by atoms with Crippen LogP contribution in [0.2, 0.25) is 0 Å². The zero-order valence-electron chi connectivity index (χ0n) is 14.6. The Balaban J connectivity index is 3.28. The Morgan fingerprint density at radius 3 is 1.85 bits per heavy atom. The largest absolute Gasteiger partial charge is 0.463 e. The number of ether oxygens (including phenoxy) is 5. The highest BCUT2D eigenvalue weighted by Crippen LogP contribution is 2.29. The number of hydrogen-bond acceptors (Lipinski definition) is 10. The third kappa shape index (κ3) is 6.22. The lowest BCUT2D eigenvalue weighted by Gasteiger charge is -2.43. The van der Waals surface area contributed by atoms with Crippen LogP contribution in [0.15, 0.2) is 5.11 Å². The van der Waals surface area contributed by atoms with Crippen molar-refractivity contribution >= 4 is 23.9 Å². The average molecular weight is 373 g/mol. The minimum Gasteiger partial charge on any atom is -0.463 e. The molecule has 12 nitrogen and oxygen atoms in total. The quantitative estimate of drug-likeness (QED) is 0.210. The van der Waals surface area contributed by atoms with Crippen molar-refractivity contribution in [3.63, 3.8) is 0 Å². The molecule has 0 spiro atoms. The van der Waals surface area contributed by atoms with Gasteiger partial charge in [-0.3, -0.25) is 19.2 Å². The summed E-state index contributed by atoms with van der Waals surface area (Å²) in [5.41, 5.74) is 8.71. The molecule has 1 heterocycles. The lowest BCUT2D eigenvalue weighted by molar-refractivity contribution is -0.251. The van der Waals surface area contributed by atoms with E-state index in [0.717, 1.165) is 27.7 Å². The van der Waals surface area contributed by atoms with Gasteiger partial charge in [0.25, 0.3) is 0 Å². The number of rotatable bonds is 6. The van der Waals surface area contributed by atoms with Gasteiger partial charge in [0.2, 0.25) is 0 Å². The summed E-state index contributed by atoms with van der Waals surface area (Å²) in [6.45, 7) is 4.06. The van der Waals surface area contributed by atoms with Crippen molar-refractivity contribution in [3.8, 4) is 0 Å². The molecule has 1 rings (SSSR count). The molecule has 1 aliphatic heterocycles. The molecule has 0 aromatic carbocycles. The Kier molecular flexibility index (Phi) is 7.81. The Labute approximate surface area is 148 Å². The molecule has 0 aromatic rings. The first-order valence-electron chi connectivity index (χ1n) is 7.50. The number of nitrogens with zero attached hydrogens (tertiary/aromatic N) is 3. The van der Waals surface area contributed by atoms with Gasteiger partial charge in [-0.05, 0) is 5.53 Å². The van der Waals surface area contributed by atoms with Crippen molar-refractivity contribution in [2.75, 3.05) is 6.61 Å². The molecule has 0 aromatic heterocycles. The lowest BCUT2D eigenvalue weighted by atomic mass is 9.97. The van der Waals surface area contributed by atoms with Crippen LogP contribution >= 0.6 is 0 Å². The van der Waals surface area contributed by atoms with E-state index < -0.39 is 54.5 Å². The van der Waals surface area contributed by atoms with Crippen molar-refractivity contribution in [3.05, 3.63) is 10.4 Å². The Morgan fingerprint density at radius 1 is 0.885 bits per heavy atom.